The number of hydrogen-bond acceptors (Lipinski definition) is 3. The lowest BCUT2D eigenvalue weighted by Crippen LogP contribution is -2.51. The van der Waals surface area contributed by atoms with Crippen molar-refractivity contribution in [2.24, 2.45) is 10.4 Å². The predicted octanol–water partition coefficient (Wildman–Crippen LogP) is 2.53. The minimum Gasteiger partial charge on any atom is -0.489 e. The molecule has 9 heteroatoms. The summed E-state index contributed by atoms with van der Waals surface area (Å²) in [6.07, 6.45) is 2.61. The Balaban J connectivity index is 0.00000280. The fourth-order valence-electron chi connectivity index (χ4n) is 3.75. The van der Waals surface area contributed by atoms with E-state index in [0.717, 1.165) is 50.6 Å². The van der Waals surface area contributed by atoms with Gasteiger partial charge in [0.25, 0.3) is 0 Å². The summed E-state index contributed by atoms with van der Waals surface area (Å²) >= 11 is 0. The minimum atomic E-state index is -0.720. The van der Waals surface area contributed by atoms with Crippen molar-refractivity contribution >= 4 is 35.8 Å². The number of guanidine groups is 1. The maximum Gasteiger partial charge on any atom is 0.220 e. The van der Waals surface area contributed by atoms with Crippen molar-refractivity contribution in [2.75, 3.05) is 39.3 Å². The SMILES string of the molecule is CCNC(=NCCOc1ccc(F)cc1F)N1CCCC2(CNC(=O)C2)C1.I. The number of carbonyl (C=O) groups excluding carboxylic acids is 1. The number of ether oxygens (including phenoxy) is 1. The molecule has 1 amide bonds. The summed E-state index contributed by atoms with van der Waals surface area (Å²) in [7, 11) is 0. The van der Waals surface area contributed by atoms with E-state index >= 15 is 0 Å². The van der Waals surface area contributed by atoms with Gasteiger partial charge in [0.15, 0.2) is 17.5 Å². The van der Waals surface area contributed by atoms with Gasteiger partial charge in [0, 0.05) is 44.1 Å². The molecule has 0 saturated carbocycles. The average molecular weight is 508 g/mol. The number of benzene rings is 1. The van der Waals surface area contributed by atoms with Gasteiger partial charge < -0.3 is 20.3 Å². The van der Waals surface area contributed by atoms with Crippen LogP contribution in [0.2, 0.25) is 0 Å². The van der Waals surface area contributed by atoms with Gasteiger partial charge in [-0.15, -0.1) is 24.0 Å². The number of nitrogens with one attached hydrogen (secondary N) is 2. The van der Waals surface area contributed by atoms with E-state index < -0.39 is 11.6 Å². The van der Waals surface area contributed by atoms with Gasteiger partial charge in [-0.3, -0.25) is 4.79 Å². The van der Waals surface area contributed by atoms with Gasteiger partial charge in [0.1, 0.15) is 12.4 Å². The average Bonchev–Trinajstić information content (AvgIpc) is 2.99. The Morgan fingerprint density at radius 1 is 1.43 bits per heavy atom. The lowest BCUT2D eigenvalue weighted by molar-refractivity contribution is -0.119. The molecule has 1 atom stereocenters. The van der Waals surface area contributed by atoms with E-state index in [1.807, 2.05) is 6.92 Å². The Morgan fingerprint density at radius 3 is 2.93 bits per heavy atom. The van der Waals surface area contributed by atoms with Crippen LogP contribution in [0.3, 0.4) is 0 Å². The molecule has 0 aliphatic carbocycles. The lowest BCUT2D eigenvalue weighted by Gasteiger charge is -2.40. The summed E-state index contributed by atoms with van der Waals surface area (Å²) in [4.78, 5) is 18.4. The summed E-state index contributed by atoms with van der Waals surface area (Å²) in [5.74, 6) is -0.440. The van der Waals surface area contributed by atoms with Gasteiger partial charge in [-0.05, 0) is 31.9 Å². The van der Waals surface area contributed by atoms with E-state index in [4.69, 9.17) is 4.74 Å². The molecule has 1 aromatic rings. The smallest absolute Gasteiger partial charge is 0.220 e. The molecule has 0 radical (unpaired) electrons. The maximum atomic E-state index is 13.6. The van der Waals surface area contributed by atoms with Gasteiger partial charge in [-0.25, -0.2) is 13.8 Å². The predicted molar refractivity (Wildman–Crippen MR) is 114 cm³/mol. The zero-order chi connectivity index (χ0) is 19.3. The van der Waals surface area contributed by atoms with Crippen LogP contribution < -0.4 is 15.4 Å². The highest BCUT2D eigenvalue weighted by Gasteiger charge is 2.42. The summed E-state index contributed by atoms with van der Waals surface area (Å²) in [5, 5.41) is 6.22. The fraction of sp³-hybridized carbons (Fsp3) is 0.579. The molecule has 2 N–H and O–H groups in total. The second-order valence-electron chi connectivity index (χ2n) is 7.14. The Hall–Kier alpha value is -1.65. The van der Waals surface area contributed by atoms with Crippen molar-refractivity contribution in [3.8, 4) is 5.75 Å². The van der Waals surface area contributed by atoms with Crippen molar-refractivity contribution < 1.29 is 18.3 Å². The number of amides is 1. The molecule has 1 unspecified atom stereocenters. The van der Waals surface area contributed by atoms with Crippen LogP contribution in [0.4, 0.5) is 8.78 Å². The Morgan fingerprint density at radius 2 is 2.25 bits per heavy atom. The Bertz CT molecular complexity index is 719. The van der Waals surface area contributed by atoms with Crippen molar-refractivity contribution in [1.29, 1.82) is 0 Å². The third kappa shape index (κ3) is 5.68. The molecule has 3 rings (SSSR count). The van der Waals surface area contributed by atoms with Crippen LogP contribution in [0, 0.1) is 17.0 Å². The molecule has 0 aromatic heterocycles. The zero-order valence-corrected chi connectivity index (χ0v) is 18.3. The number of aliphatic imine (C=N–C) groups is 1. The highest BCUT2D eigenvalue weighted by molar-refractivity contribution is 14.0. The van der Waals surface area contributed by atoms with E-state index in [0.29, 0.717) is 19.5 Å². The monoisotopic (exact) mass is 508 g/mol. The van der Waals surface area contributed by atoms with Crippen LogP contribution >= 0.6 is 24.0 Å². The minimum absolute atomic E-state index is 0. The van der Waals surface area contributed by atoms with Crippen molar-refractivity contribution in [3.05, 3.63) is 29.8 Å². The number of rotatable bonds is 5. The first kappa shape index (κ1) is 22.6. The van der Waals surface area contributed by atoms with Gasteiger partial charge in [0.05, 0.1) is 6.54 Å². The number of piperidine rings is 1. The van der Waals surface area contributed by atoms with E-state index in [9.17, 15) is 13.6 Å². The van der Waals surface area contributed by atoms with Crippen LogP contribution in [0.5, 0.6) is 5.75 Å². The summed E-state index contributed by atoms with van der Waals surface area (Å²) in [5.41, 5.74) is -0.0146. The van der Waals surface area contributed by atoms with E-state index in [1.54, 1.807) is 0 Å². The molecule has 2 fully saturated rings. The highest BCUT2D eigenvalue weighted by atomic mass is 127. The molecule has 2 saturated heterocycles. The number of nitrogens with zero attached hydrogens (tertiary/aromatic N) is 2. The van der Waals surface area contributed by atoms with E-state index in [2.05, 4.69) is 20.5 Å². The van der Waals surface area contributed by atoms with Gasteiger partial charge in [-0.1, -0.05) is 0 Å². The van der Waals surface area contributed by atoms with Crippen molar-refractivity contribution in [3.63, 3.8) is 0 Å². The van der Waals surface area contributed by atoms with Crippen LogP contribution in [0.25, 0.3) is 0 Å². The number of likely N-dealkylation sites (tertiary alicyclic amines) is 1. The molecule has 2 aliphatic heterocycles. The van der Waals surface area contributed by atoms with E-state index in [1.165, 1.54) is 6.07 Å². The van der Waals surface area contributed by atoms with Crippen LogP contribution in [-0.4, -0.2) is 56.1 Å². The Kier molecular flexibility index (Phi) is 8.26. The van der Waals surface area contributed by atoms with E-state index in [-0.39, 0.29) is 47.7 Å². The summed E-state index contributed by atoms with van der Waals surface area (Å²) in [6, 6.07) is 3.24. The second-order valence-corrected chi connectivity index (χ2v) is 7.14. The topological polar surface area (TPSA) is 66.0 Å². The second kappa shape index (κ2) is 10.2. The van der Waals surface area contributed by atoms with Crippen molar-refractivity contribution in [1.82, 2.24) is 15.5 Å². The van der Waals surface area contributed by atoms with Crippen LogP contribution in [0.15, 0.2) is 23.2 Å². The van der Waals surface area contributed by atoms with Crippen LogP contribution in [0.1, 0.15) is 26.2 Å². The first-order valence-corrected chi connectivity index (χ1v) is 9.39. The molecular weight excluding hydrogens is 481 g/mol. The number of halogens is 3. The largest absolute Gasteiger partial charge is 0.489 e. The Labute approximate surface area is 181 Å². The molecule has 2 aliphatic rings. The molecule has 1 aromatic carbocycles. The lowest BCUT2D eigenvalue weighted by atomic mass is 9.79. The number of carbonyl (C=O) groups is 1. The van der Waals surface area contributed by atoms with Gasteiger partial charge in [-0.2, -0.15) is 0 Å². The molecular formula is C19H27F2IN4O2. The maximum absolute atomic E-state index is 13.6. The highest BCUT2D eigenvalue weighted by Crippen LogP contribution is 2.36. The first-order chi connectivity index (χ1) is 13.0. The molecule has 2 heterocycles. The van der Waals surface area contributed by atoms with Gasteiger partial charge in [0.2, 0.25) is 5.91 Å². The zero-order valence-electron chi connectivity index (χ0n) is 16.0. The third-order valence-corrected chi connectivity index (χ3v) is 5.00. The molecule has 1 spiro atoms. The number of hydrogen-bond donors (Lipinski definition) is 2. The van der Waals surface area contributed by atoms with Gasteiger partial charge >= 0.3 is 0 Å². The standard InChI is InChI=1S/C19H26F2N4O2.HI/c1-2-22-18(23-7-9-27-16-5-4-14(20)10-15(16)21)25-8-3-6-19(13-25)11-17(26)24-12-19;/h4-5,10H,2-3,6-9,11-13H2,1H3,(H,22,23)(H,24,26);1H. The summed E-state index contributed by atoms with van der Waals surface area (Å²) < 4.78 is 31.9. The molecule has 156 valence electrons. The van der Waals surface area contributed by atoms with Crippen molar-refractivity contribution in [2.45, 2.75) is 26.2 Å². The molecule has 28 heavy (non-hydrogen) atoms. The van der Waals surface area contributed by atoms with Crippen LogP contribution in [-0.2, 0) is 4.79 Å². The molecule has 6 nitrogen and oxygen atoms in total. The molecule has 0 bridgehead atoms. The fourth-order valence-corrected chi connectivity index (χ4v) is 3.75. The first-order valence-electron chi connectivity index (χ1n) is 9.39. The quantitative estimate of drug-likeness (QED) is 0.278. The third-order valence-electron chi connectivity index (χ3n) is 5.00. The summed E-state index contributed by atoms with van der Waals surface area (Å²) in [6.45, 7) is 5.65. The normalized spacial score (nSPS) is 22.0.